The molecule has 1 unspecified atom stereocenters. The summed E-state index contributed by atoms with van der Waals surface area (Å²) in [6.07, 6.45) is 0.299. The van der Waals surface area contributed by atoms with Crippen molar-refractivity contribution < 1.29 is 32.2 Å². The van der Waals surface area contributed by atoms with Gasteiger partial charge < -0.3 is 9.84 Å². The van der Waals surface area contributed by atoms with Crippen molar-refractivity contribution in [1.82, 2.24) is 4.72 Å². The number of methoxy groups -OCH3 is 1. The van der Waals surface area contributed by atoms with Crippen LogP contribution < -0.4 is 4.72 Å². The van der Waals surface area contributed by atoms with Crippen molar-refractivity contribution in [2.75, 3.05) is 13.7 Å². The lowest BCUT2D eigenvalue weighted by atomic mass is 9.98. The van der Waals surface area contributed by atoms with Gasteiger partial charge >= 0.3 is 11.9 Å². The van der Waals surface area contributed by atoms with Crippen molar-refractivity contribution in [2.45, 2.75) is 25.2 Å². The van der Waals surface area contributed by atoms with Gasteiger partial charge in [0.2, 0.25) is 10.0 Å². The molecule has 0 fully saturated rings. The Balaban J connectivity index is 2.94. The van der Waals surface area contributed by atoms with Gasteiger partial charge in [-0.25, -0.2) is 22.3 Å². The van der Waals surface area contributed by atoms with Crippen LogP contribution >= 0.6 is 0 Å². The highest BCUT2D eigenvalue weighted by atomic mass is 32.2. The highest BCUT2D eigenvalue weighted by Crippen LogP contribution is 2.17. The number of halogens is 1. The number of carbonyl (C=O) groups excluding carboxylic acids is 1. The summed E-state index contributed by atoms with van der Waals surface area (Å²) in [6, 6.07) is 2.74. The molecule has 1 rings (SSSR count). The maximum absolute atomic E-state index is 13.8. The van der Waals surface area contributed by atoms with Gasteiger partial charge in [-0.05, 0) is 30.5 Å². The quantitative estimate of drug-likeness (QED) is 0.681. The Morgan fingerprint density at radius 1 is 1.33 bits per heavy atom. The molecule has 0 aliphatic heterocycles. The van der Waals surface area contributed by atoms with Gasteiger partial charge in [-0.2, -0.15) is 0 Å². The number of benzene rings is 1. The Hall–Kier alpha value is -2.00. The van der Waals surface area contributed by atoms with Gasteiger partial charge in [0.05, 0.1) is 23.5 Å². The van der Waals surface area contributed by atoms with Crippen LogP contribution in [0.3, 0.4) is 0 Å². The molecule has 0 saturated carbocycles. The van der Waals surface area contributed by atoms with E-state index in [0.717, 1.165) is 19.2 Å². The topological polar surface area (TPSA) is 110 Å². The molecule has 0 aliphatic carbocycles. The summed E-state index contributed by atoms with van der Waals surface area (Å²) in [5.74, 6) is -3.89. The van der Waals surface area contributed by atoms with E-state index in [9.17, 15) is 22.4 Å². The largest absolute Gasteiger partial charge is 0.481 e. The van der Waals surface area contributed by atoms with E-state index in [2.05, 4.69) is 9.46 Å². The predicted octanol–water partition coefficient (Wildman–Crippen LogP) is 1.64. The molecule has 1 aromatic rings. The summed E-state index contributed by atoms with van der Waals surface area (Å²) in [6.45, 7) is 3.34. The van der Waals surface area contributed by atoms with Crippen LogP contribution in [0, 0.1) is 17.7 Å². The molecule has 0 spiro atoms. The Kier molecular flexibility index (Phi) is 6.85. The lowest BCUT2D eigenvalue weighted by Gasteiger charge is -2.15. The van der Waals surface area contributed by atoms with Gasteiger partial charge in [-0.1, -0.05) is 13.8 Å². The smallest absolute Gasteiger partial charge is 0.340 e. The third kappa shape index (κ3) is 5.27. The van der Waals surface area contributed by atoms with Gasteiger partial charge in [0.1, 0.15) is 5.82 Å². The van der Waals surface area contributed by atoms with E-state index in [1.807, 2.05) is 13.8 Å². The molecule has 1 atom stereocenters. The monoisotopic (exact) mass is 361 g/mol. The molecule has 7 nitrogen and oxygen atoms in total. The van der Waals surface area contributed by atoms with Gasteiger partial charge in [0, 0.05) is 6.54 Å². The summed E-state index contributed by atoms with van der Waals surface area (Å²) in [4.78, 5) is 22.0. The highest BCUT2D eigenvalue weighted by molar-refractivity contribution is 7.89. The van der Waals surface area contributed by atoms with Crippen molar-refractivity contribution in [2.24, 2.45) is 11.8 Å². The van der Waals surface area contributed by atoms with Crippen LogP contribution in [0.1, 0.15) is 30.6 Å². The molecule has 2 N–H and O–H groups in total. The number of carbonyl (C=O) groups is 2. The number of carboxylic acid groups (broad SMARTS) is 1. The van der Waals surface area contributed by atoms with Gasteiger partial charge in [0.15, 0.2) is 0 Å². The predicted molar refractivity (Wildman–Crippen MR) is 83.5 cm³/mol. The molecule has 9 heteroatoms. The van der Waals surface area contributed by atoms with Crippen molar-refractivity contribution in [3.05, 3.63) is 29.6 Å². The average molecular weight is 361 g/mol. The van der Waals surface area contributed by atoms with E-state index in [-0.39, 0.29) is 18.0 Å². The normalized spacial score (nSPS) is 12.9. The number of hydrogen-bond donors (Lipinski definition) is 2. The minimum atomic E-state index is -4.10. The maximum Gasteiger partial charge on any atom is 0.340 e. The first-order chi connectivity index (χ1) is 11.1. The maximum atomic E-state index is 13.8. The van der Waals surface area contributed by atoms with Crippen LogP contribution in [-0.2, 0) is 19.6 Å². The molecule has 0 amide bonds. The number of esters is 1. The second kappa shape index (κ2) is 8.20. The molecule has 0 aliphatic rings. The second-order valence-electron chi connectivity index (χ2n) is 5.65. The molecular weight excluding hydrogens is 341 g/mol. The average Bonchev–Trinajstić information content (AvgIpc) is 2.50. The first-order valence-corrected chi connectivity index (χ1v) is 8.67. The number of rotatable bonds is 8. The van der Waals surface area contributed by atoms with Crippen LogP contribution in [0.25, 0.3) is 0 Å². The van der Waals surface area contributed by atoms with Crippen LogP contribution in [0.5, 0.6) is 0 Å². The van der Waals surface area contributed by atoms with E-state index >= 15 is 0 Å². The van der Waals surface area contributed by atoms with Crippen molar-refractivity contribution >= 4 is 22.0 Å². The van der Waals surface area contributed by atoms with E-state index in [4.69, 9.17) is 5.11 Å². The van der Waals surface area contributed by atoms with Gasteiger partial charge in [-0.15, -0.1) is 0 Å². The molecule has 0 radical (unpaired) electrons. The number of carboxylic acids is 1. The first kappa shape index (κ1) is 20.0. The zero-order valence-corrected chi connectivity index (χ0v) is 14.4. The summed E-state index contributed by atoms with van der Waals surface area (Å²) in [5.41, 5.74) is -0.389. The second-order valence-corrected chi connectivity index (χ2v) is 7.42. The van der Waals surface area contributed by atoms with Crippen LogP contribution in [-0.4, -0.2) is 39.1 Å². The summed E-state index contributed by atoms with van der Waals surface area (Å²) in [7, 11) is -3.02. The minimum absolute atomic E-state index is 0.0763. The minimum Gasteiger partial charge on any atom is -0.481 e. The van der Waals surface area contributed by atoms with Gasteiger partial charge in [0.25, 0.3) is 0 Å². The molecular formula is C15H20FNO6S. The molecule has 134 valence electrons. The highest BCUT2D eigenvalue weighted by Gasteiger charge is 2.24. The summed E-state index contributed by atoms with van der Waals surface area (Å²) in [5, 5.41) is 9.11. The zero-order valence-electron chi connectivity index (χ0n) is 13.6. The number of nitrogens with one attached hydrogen (secondary N) is 1. The SMILES string of the molecule is COC(=O)c1ccc(S(=O)(=O)NCC(CC(C)C)C(=O)O)cc1F. The standard InChI is InChI=1S/C15H20FNO6S/c1-9(2)6-10(14(18)19)8-17-24(21,22)11-4-5-12(13(16)7-11)15(20)23-3/h4-5,7,9-10,17H,6,8H2,1-3H3,(H,18,19). The molecule has 0 aromatic heterocycles. The molecule has 24 heavy (non-hydrogen) atoms. The zero-order chi connectivity index (χ0) is 18.5. The fraction of sp³-hybridized carbons (Fsp3) is 0.467. The van der Waals surface area contributed by atoms with Gasteiger partial charge in [-0.3, -0.25) is 4.79 Å². The fourth-order valence-corrected chi connectivity index (χ4v) is 3.17. The van der Waals surface area contributed by atoms with E-state index in [1.165, 1.54) is 0 Å². The third-order valence-electron chi connectivity index (χ3n) is 3.28. The summed E-state index contributed by atoms with van der Waals surface area (Å²) < 4.78 is 44.7. The Morgan fingerprint density at radius 3 is 2.42 bits per heavy atom. The van der Waals surface area contributed by atoms with Crippen molar-refractivity contribution in [1.29, 1.82) is 0 Å². The first-order valence-electron chi connectivity index (χ1n) is 7.18. The van der Waals surface area contributed by atoms with E-state index in [0.29, 0.717) is 12.5 Å². The number of sulfonamides is 1. The number of hydrogen-bond acceptors (Lipinski definition) is 5. The van der Waals surface area contributed by atoms with E-state index in [1.54, 1.807) is 0 Å². The third-order valence-corrected chi connectivity index (χ3v) is 4.70. The molecule has 0 heterocycles. The number of ether oxygens (including phenoxy) is 1. The fourth-order valence-electron chi connectivity index (χ4n) is 2.07. The van der Waals surface area contributed by atoms with Crippen LogP contribution in [0.4, 0.5) is 4.39 Å². The molecule has 0 saturated heterocycles. The number of aliphatic carboxylic acids is 1. The molecule has 1 aromatic carbocycles. The van der Waals surface area contributed by atoms with E-state index < -0.39 is 38.6 Å². The Bertz CT molecular complexity index is 717. The molecule has 0 bridgehead atoms. The Labute approximate surface area is 139 Å². The van der Waals surface area contributed by atoms with Crippen molar-refractivity contribution in [3.63, 3.8) is 0 Å². The van der Waals surface area contributed by atoms with Crippen LogP contribution in [0.2, 0.25) is 0 Å². The summed E-state index contributed by atoms with van der Waals surface area (Å²) >= 11 is 0. The lowest BCUT2D eigenvalue weighted by molar-refractivity contribution is -0.142. The Morgan fingerprint density at radius 2 is 1.96 bits per heavy atom. The lowest BCUT2D eigenvalue weighted by Crippen LogP contribution is -2.33. The van der Waals surface area contributed by atoms with Crippen LogP contribution in [0.15, 0.2) is 23.1 Å². The van der Waals surface area contributed by atoms with Crippen molar-refractivity contribution in [3.8, 4) is 0 Å².